The van der Waals surface area contributed by atoms with Crippen molar-refractivity contribution in [2.45, 2.75) is 0 Å². The van der Waals surface area contributed by atoms with Gasteiger partial charge in [0.2, 0.25) is 0 Å². The number of nitrogens with one attached hydrogen (secondary N) is 1. The second-order valence-corrected chi connectivity index (χ2v) is 5.18. The maximum Gasteiger partial charge on any atom is 0.515 e. The quantitative estimate of drug-likeness (QED) is 0.567. The average Bonchev–Trinajstić information content (AvgIpc) is 3.04. The van der Waals surface area contributed by atoms with Gasteiger partial charge in [0, 0.05) is 16.3 Å². The van der Waals surface area contributed by atoms with Crippen LogP contribution in [0.2, 0.25) is 0 Å². The number of aromatic nitrogens is 3. The average molecular weight is 319 g/mol. The maximum atomic E-state index is 11.4. The molecule has 4 aromatic rings. The summed E-state index contributed by atoms with van der Waals surface area (Å²) < 4.78 is 9.62. The molecule has 0 unspecified atom stereocenters. The van der Waals surface area contributed by atoms with Crippen LogP contribution in [0.25, 0.3) is 33.1 Å². The summed E-state index contributed by atoms with van der Waals surface area (Å²) in [6.45, 7) is 0. The van der Waals surface area contributed by atoms with E-state index in [1.807, 2.05) is 54.6 Å². The first kappa shape index (κ1) is 14.2. The van der Waals surface area contributed by atoms with Crippen molar-refractivity contribution in [2.24, 2.45) is 0 Å². The third kappa shape index (κ3) is 2.25. The molecule has 4 rings (SSSR count). The normalized spacial score (nSPS) is 10.9. The highest BCUT2D eigenvalue weighted by Gasteiger charge is 2.18. The molecule has 0 saturated heterocycles. The number of carbonyl (C=O) groups excluding carboxylic acids is 1. The molecule has 0 atom stereocenters. The van der Waals surface area contributed by atoms with Crippen molar-refractivity contribution in [3.8, 4) is 17.1 Å². The summed E-state index contributed by atoms with van der Waals surface area (Å²) in [5, 5.41) is 8.89. The number of carbonyl (C=O) groups is 1. The SMILES string of the molecule is COC(=O)Oc1n[nH]c2c1nc(-c1ccccc1)c1ccccc12. The second kappa shape index (κ2) is 5.66. The minimum Gasteiger partial charge on any atom is -0.437 e. The highest BCUT2D eigenvalue weighted by Crippen LogP contribution is 2.34. The number of rotatable bonds is 2. The fraction of sp³-hybridized carbons (Fsp3) is 0.0556. The molecule has 1 N–H and O–H groups in total. The number of nitrogens with zero attached hydrogens (tertiary/aromatic N) is 2. The van der Waals surface area contributed by atoms with Crippen LogP contribution in [0.3, 0.4) is 0 Å². The number of pyridine rings is 1. The summed E-state index contributed by atoms with van der Waals surface area (Å²) in [5.41, 5.74) is 2.97. The Labute approximate surface area is 137 Å². The van der Waals surface area contributed by atoms with Gasteiger partial charge >= 0.3 is 6.16 Å². The van der Waals surface area contributed by atoms with E-state index < -0.39 is 6.16 Å². The number of H-pyrrole nitrogens is 1. The summed E-state index contributed by atoms with van der Waals surface area (Å²) in [5.74, 6) is 0.0970. The van der Waals surface area contributed by atoms with Crippen molar-refractivity contribution < 1.29 is 14.3 Å². The van der Waals surface area contributed by atoms with Gasteiger partial charge in [-0.2, -0.15) is 0 Å². The van der Waals surface area contributed by atoms with Crippen molar-refractivity contribution >= 4 is 28.0 Å². The Kier molecular flexibility index (Phi) is 3.35. The van der Waals surface area contributed by atoms with E-state index in [0.717, 1.165) is 22.0 Å². The molecule has 2 heterocycles. The lowest BCUT2D eigenvalue weighted by molar-refractivity contribution is 0.120. The Morgan fingerprint density at radius 3 is 2.46 bits per heavy atom. The molecule has 24 heavy (non-hydrogen) atoms. The van der Waals surface area contributed by atoms with Crippen molar-refractivity contribution in [1.82, 2.24) is 15.2 Å². The molecule has 0 aliphatic rings. The molecule has 118 valence electrons. The van der Waals surface area contributed by atoms with Crippen molar-refractivity contribution in [1.29, 1.82) is 0 Å². The predicted octanol–water partition coefficient (Wildman–Crippen LogP) is 3.92. The number of methoxy groups -OCH3 is 1. The Morgan fingerprint density at radius 1 is 1.00 bits per heavy atom. The summed E-state index contributed by atoms with van der Waals surface area (Å²) >= 11 is 0. The van der Waals surface area contributed by atoms with Gasteiger partial charge in [0.05, 0.1) is 18.3 Å². The van der Waals surface area contributed by atoms with Gasteiger partial charge in [0.1, 0.15) is 0 Å². The number of benzene rings is 2. The van der Waals surface area contributed by atoms with E-state index in [0.29, 0.717) is 11.0 Å². The van der Waals surface area contributed by atoms with Gasteiger partial charge in [-0.1, -0.05) is 54.6 Å². The van der Waals surface area contributed by atoms with Crippen LogP contribution in [-0.2, 0) is 4.74 Å². The third-order valence-corrected chi connectivity index (χ3v) is 3.78. The van der Waals surface area contributed by atoms with Crippen LogP contribution in [-0.4, -0.2) is 28.4 Å². The van der Waals surface area contributed by atoms with Crippen LogP contribution in [0.15, 0.2) is 54.6 Å². The van der Waals surface area contributed by atoms with E-state index in [4.69, 9.17) is 9.72 Å². The van der Waals surface area contributed by atoms with Gasteiger partial charge in [-0.05, 0) is 0 Å². The second-order valence-electron chi connectivity index (χ2n) is 5.18. The standard InChI is InChI=1S/C18H13N3O3/c1-23-18(22)24-17-16-15(20-21-17)13-10-6-5-9-12(13)14(19-16)11-7-3-2-4-8-11/h2-10H,1H3,(H,20,21). The van der Waals surface area contributed by atoms with Gasteiger partial charge in [0.15, 0.2) is 5.52 Å². The largest absolute Gasteiger partial charge is 0.515 e. The molecule has 0 saturated carbocycles. The molecule has 0 bridgehead atoms. The monoisotopic (exact) mass is 319 g/mol. The first-order valence-corrected chi connectivity index (χ1v) is 7.36. The van der Waals surface area contributed by atoms with E-state index >= 15 is 0 Å². The lowest BCUT2D eigenvalue weighted by Crippen LogP contribution is -2.07. The summed E-state index contributed by atoms with van der Waals surface area (Å²) in [4.78, 5) is 16.1. The predicted molar refractivity (Wildman–Crippen MR) is 89.9 cm³/mol. The topological polar surface area (TPSA) is 77.1 Å². The molecule has 0 amide bonds. The number of hydrogen-bond acceptors (Lipinski definition) is 5. The van der Waals surface area contributed by atoms with E-state index in [1.54, 1.807) is 0 Å². The highest BCUT2D eigenvalue weighted by molar-refractivity contribution is 6.10. The first-order valence-electron chi connectivity index (χ1n) is 7.36. The van der Waals surface area contributed by atoms with Crippen molar-refractivity contribution in [2.75, 3.05) is 7.11 Å². The lowest BCUT2D eigenvalue weighted by Gasteiger charge is -2.07. The van der Waals surface area contributed by atoms with Gasteiger partial charge in [-0.25, -0.2) is 9.78 Å². The van der Waals surface area contributed by atoms with E-state index in [9.17, 15) is 4.79 Å². The zero-order valence-electron chi connectivity index (χ0n) is 12.8. The zero-order chi connectivity index (χ0) is 16.5. The van der Waals surface area contributed by atoms with Crippen molar-refractivity contribution in [3.05, 3.63) is 54.6 Å². The van der Waals surface area contributed by atoms with Crippen LogP contribution >= 0.6 is 0 Å². The van der Waals surface area contributed by atoms with E-state index in [1.165, 1.54) is 7.11 Å². The molecule has 0 spiro atoms. The van der Waals surface area contributed by atoms with E-state index in [-0.39, 0.29) is 5.88 Å². The minimum absolute atomic E-state index is 0.0970. The van der Waals surface area contributed by atoms with Gasteiger partial charge < -0.3 is 9.47 Å². The van der Waals surface area contributed by atoms with Gasteiger partial charge in [-0.3, -0.25) is 5.10 Å². The number of aromatic amines is 1. The Morgan fingerprint density at radius 2 is 1.71 bits per heavy atom. The summed E-state index contributed by atoms with van der Waals surface area (Å²) in [6, 6.07) is 17.7. The van der Waals surface area contributed by atoms with Crippen LogP contribution in [0, 0.1) is 0 Å². The van der Waals surface area contributed by atoms with Crippen LogP contribution in [0.4, 0.5) is 4.79 Å². The molecule has 0 fully saturated rings. The number of hydrogen-bond donors (Lipinski definition) is 1. The summed E-state index contributed by atoms with van der Waals surface area (Å²) in [6.07, 6.45) is -0.834. The molecule has 2 aromatic carbocycles. The lowest BCUT2D eigenvalue weighted by atomic mass is 10.0. The molecule has 0 radical (unpaired) electrons. The molecule has 2 aromatic heterocycles. The van der Waals surface area contributed by atoms with Gasteiger partial charge in [0.25, 0.3) is 5.88 Å². The smallest absolute Gasteiger partial charge is 0.437 e. The molecule has 6 heteroatoms. The number of ether oxygens (including phenoxy) is 2. The third-order valence-electron chi connectivity index (χ3n) is 3.78. The fourth-order valence-corrected chi connectivity index (χ4v) is 2.70. The van der Waals surface area contributed by atoms with Crippen LogP contribution < -0.4 is 4.74 Å². The summed E-state index contributed by atoms with van der Waals surface area (Å²) in [7, 11) is 1.25. The maximum absolute atomic E-state index is 11.4. The molecule has 0 aliphatic heterocycles. The zero-order valence-corrected chi connectivity index (χ0v) is 12.8. The van der Waals surface area contributed by atoms with E-state index in [2.05, 4.69) is 14.9 Å². The molecular weight excluding hydrogens is 306 g/mol. The Bertz CT molecular complexity index is 1040. The minimum atomic E-state index is -0.834. The number of fused-ring (bicyclic) bond motifs is 3. The molecule has 6 nitrogen and oxygen atoms in total. The molecular formula is C18H13N3O3. The fourth-order valence-electron chi connectivity index (χ4n) is 2.70. The van der Waals surface area contributed by atoms with Crippen LogP contribution in [0.1, 0.15) is 0 Å². The highest BCUT2D eigenvalue weighted by atomic mass is 16.7. The van der Waals surface area contributed by atoms with Crippen LogP contribution in [0.5, 0.6) is 5.88 Å². The van der Waals surface area contributed by atoms with Crippen molar-refractivity contribution in [3.63, 3.8) is 0 Å². The van der Waals surface area contributed by atoms with Gasteiger partial charge in [-0.15, -0.1) is 5.10 Å². The first-order chi connectivity index (χ1) is 11.8. The Balaban J connectivity index is 2.03. The Hall–Kier alpha value is -3.41. The molecule has 0 aliphatic carbocycles.